The van der Waals surface area contributed by atoms with Crippen molar-refractivity contribution in [2.45, 2.75) is 17.4 Å². The van der Waals surface area contributed by atoms with E-state index in [0.717, 1.165) is 16.9 Å². The minimum absolute atomic E-state index is 0.0783. The fourth-order valence-corrected chi connectivity index (χ4v) is 3.95. The lowest BCUT2D eigenvalue weighted by Crippen LogP contribution is -2.38. The van der Waals surface area contributed by atoms with E-state index in [1.54, 1.807) is 0 Å². The molecule has 1 N–H and O–H groups in total. The fourth-order valence-electron chi connectivity index (χ4n) is 2.00. The average molecular weight is 355 g/mol. The first-order chi connectivity index (χ1) is 8.84. The van der Waals surface area contributed by atoms with Gasteiger partial charge in [0.05, 0.1) is 4.47 Å². The Kier molecular flexibility index (Phi) is 4.24. The Morgan fingerprint density at radius 1 is 1.37 bits per heavy atom. The van der Waals surface area contributed by atoms with Crippen LogP contribution in [-0.2, 0) is 10.0 Å². The van der Waals surface area contributed by atoms with Crippen LogP contribution in [0.3, 0.4) is 0 Å². The predicted octanol–water partition coefficient (Wildman–Crippen LogP) is 1.71. The number of hydrogen-bond acceptors (Lipinski definition) is 3. The van der Waals surface area contributed by atoms with E-state index in [1.807, 2.05) is 0 Å². The molecule has 19 heavy (non-hydrogen) atoms. The van der Waals surface area contributed by atoms with E-state index in [4.69, 9.17) is 0 Å². The van der Waals surface area contributed by atoms with Gasteiger partial charge in [-0.2, -0.15) is 4.31 Å². The van der Waals surface area contributed by atoms with Crippen molar-refractivity contribution in [2.24, 2.45) is 0 Å². The summed E-state index contributed by atoms with van der Waals surface area (Å²) in [7, 11) is -2.56. The lowest BCUT2D eigenvalue weighted by molar-refractivity contribution is 0.384. The molecular formula is C11H13BrF2N2O2S. The zero-order valence-electron chi connectivity index (χ0n) is 10.2. The number of halogens is 3. The third-order valence-electron chi connectivity index (χ3n) is 3.18. The number of nitrogens with zero attached hydrogens (tertiary/aromatic N) is 1. The molecule has 1 aliphatic rings. The highest BCUT2D eigenvalue weighted by Crippen LogP contribution is 2.27. The van der Waals surface area contributed by atoms with Gasteiger partial charge in [0.15, 0.2) is 0 Å². The summed E-state index contributed by atoms with van der Waals surface area (Å²) in [6.07, 6.45) is 0.666. The zero-order valence-corrected chi connectivity index (χ0v) is 12.6. The molecule has 0 aromatic heterocycles. The molecule has 0 radical (unpaired) electrons. The summed E-state index contributed by atoms with van der Waals surface area (Å²) in [6.45, 7) is 1.25. The normalized spacial score (nSPS) is 20.2. The summed E-state index contributed by atoms with van der Waals surface area (Å²) >= 11 is 2.87. The highest BCUT2D eigenvalue weighted by atomic mass is 79.9. The van der Waals surface area contributed by atoms with Crippen LogP contribution < -0.4 is 5.32 Å². The molecule has 1 atom stereocenters. The molecule has 1 aromatic carbocycles. The largest absolute Gasteiger partial charge is 0.315 e. The number of nitrogens with one attached hydrogen (secondary N) is 1. The van der Waals surface area contributed by atoms with Crippen LogP contribution in [0.2, 0.25) is 0 Å². The van der Waals surface area contributed by atoms with Crippen molar-refractivity contribution in [2.75, 3.05) is 20.1 Å². The first kappa shape index (κ1) is 14.8. The van der Waals surface area contributed by atoms with Crippen molar-refractivity contribution >= 4 is 26.0 Å². The Labute approximate surface area is 119 Å². The van der Waals surface area contributed by atoms with Crippen LogP contribution in [0.25, 0.3) is 0 Å². The van der Waals surface area contributed by atoms with Gasteiger partial charge in [0, 0.05) is 25.7 Å². The highest BCUT2D eigenvalue weighted by Gasteiger charge is 2.32. The summed E-state index contributed by atoms with van der Waals surface area (Å²) < 4.78 is 52.5. The SMILES string of the molecule is CN(C1CCNC1)S(=O)(=O)c1cc(Br)c(F)cc1F. The van der Waals surface area contributed by atoms with Gasteiger partial charge in [-0.05, 0) is 35.0 Å². The van der Waals surface area contributed by atoms with E-state index in [1.165, 1.54) is 7.05 Å². The first-order valence-corrected chi connectivity index (χ1v) is 7.90. The molecule has 106 valence electrons. The molecular weight excluding hydrogens is 342 g/mol. The van der Waals surface area contributed by atoms with Crippen LogP contribution in [0, 0.1) is 11.6 Å². The molecule has 1 unspecified atom stereocenters. The van der Waals surface area contributed by atoms with Crippen molar-refractivity contribution in [1.29, 1.82) is 0 Å². The summed E-state index contributed by atoms with van der Waals surface area (Å²) in [5.74, 6) is -1.92. The second kappa shape index (κ2) is 5.43. The average Bonchev–Trinajstić information content (AvgIpc) is 2.86. The van der Waals surface area contributed by atoms with Crippen LogP contribution in [0.4, 0.5) is 8.78 Å². The predicted molar refractivity (Wildman–Crippen MR) is 70.3 cm³/mol. The van der Waals surface area contributed by atoms with Gasteiger partial charge in [0.25, 0.3) is 0 Å². The molecule has 4 nitrogen and oxygen atoms in total. The topological polar surface area (TPSA) is 49.4 Å². The van der Waals surface area contributed by atoms with Crippen LogP contribution >= 0.6 is 15.9 Å². The monoisotopic (exact) mass is 354 g/mol. The minimum atomic E-state index is -3.97. The maximum Gasteiger partial charge on any atom is 0.246 e. The fraction of sp³-hybridized carbons (Fsp3) is 0.455. The molecule has 8 heteroatoms. The molecule has 2 rings (SSSR count). The van der Waals surface area contributed by atoms with Crippen LogP contribution in [0.1, 0.15) is 6.42 Å². The maximum absolute atomic E-state index is 13.7. The molecule has 0 amide bonds. The number of likely N-dealkylation sites (N-methyl/N-ethyl adjacent to an activating group) is 1. The van der Waals surface area contributed by atoms with E-state index in [-0.39, 0.29) is 10.5 Å². The van der Waals surface area contributed by atoms with Gasteiger partial charge in [-0.3, -0.25) is 0 Å². The number of sulfonamides is 1. The molecule has 1 aliphatic heterocycles. The summed E-state index contributed by atoms with van der Waals surface area (Å²) in [6, 6.07) is 1.31. The molecule has 0 saturated carbocycles. The molecule has 1 aromatic rings. The van der Waals surface area contributed by atoms with Gasteiger partial charge in [-0.15, -0.1) is 0 Å². The molecule has 1 saturated heterocycles. The van der Waals surface area contributed by atoms with E-state index in [2.05, 4.69) is 21.2 Å². The summed E-state index contributed by atoms with van der Waals surface area (Å²) in [4.78, 5) is -0.518. The summed E-state index contributed by atoms with van der Waals surface area (Å²) in [5.41, 5.74) is 0. The minimum Gasteiger partial charge on any atom is -0.315 e. The first-order valence-electron chi connectivity index (χ1n) is 5.67. The Morgan fingerprint density at radius 2 is 2.05 bits per heavy atom. The lowest BCUT2D eigenvalue weighted by atomic mass is 10.3. The van der Waals surface area contributed by atoms with Crippen LogP contribution in [-0.4, -0.2) is 38.9 Å². The molecule has 0 spiro atoms. The van der Waals surface area contributed by atoms with Gasteiger partial charge in [0.1, 0.15) is 16.5 Å². The second-order valence-corrected chi connectivity index (χ2v) is 7.18. The van der Waals surface area contributed by atoms with E-state index >= 15 is 0 Å². The van der Waals surface area contributed by atoms with Crippen LogP contribution in [0.5, 0.6) is 0 Å². The van der Waals surface area contributed by atoms with Gasteiger partial charge in [-0.25, -0.2) is 17.2 Å². The van der Waals surface area contributed by atoms with Gasteiger partial charge in [-0.1, -0.05) is 0 Å². The quantitative estimate of drug-likeness (QED) is 0.840. The molecule has 1 fully saturated rings. The highest BCUT2D eigenvalue weighted by molar-refractivity contribution is 9.10. The second-order valence-electron chi connectivity index (χ2n) is 4.36. The maximum atomic E-state index is 13.7. The van der Waals surface area contributed by atoms with Crippen molar-refractivity contribution in [3.63, 3.8) is 0 Å². The zero-order chi connectivity index (χ0) is 14.2. The van der Waals surface area contributed by atoms with Crippen LogP contribution in [0.15, 0.2) is 21.5 Å². The number of benzene rings is 1. The van der Waals surface area contributed by atoms with Gasteiger partial charge >= 0.3 is 0 Å². The molecule has 1 heterocycles. The van der Waals surface area contributed by atoms with Gasteiger partial charge in [0.2, 0.25) is 10.0 Å². The Bertz CT molecular complexity index is 589. The van der Waals surface area contributed by atoms with Crippen molar-refractivity contribution in [1.82, 2.24) is 9.62 Å². The third kappa shape index (κ3) is 2.81. The lowest BCUT2D eigenvalue weighted by Gasteiger charge is -2.23. The van der Waals surface area contributed by atoms with Crippen molar-refractivity contribution in [3.8, 4) is 0 Å². The Morgan fingerprint density at radius 3 is 2.63 bits per heavy atom. The van der Waals surface area contributed by atoms with Gasteiger partial charge < -0.3 is 5.32 Å². The molecule has 0 aliphatic carbocycles. The Balaban J connectivity index is 2.41. The standard InChI is InChI=1S/C11H13BrF2N2O2S/c1-16(7-2-3-15-6-7)19(17,18)11-4-8(12)9(13)5-10(11)14/h4-5,7,15H,2-3,6H2,1H3. The number of hydrogen-bond donors (Lipinski definition) is 1. The van der Waals surface area contributed by atoms with E-state index in [9.17, 15) is 17.2 Å². The van der Waals surface area contributed by atoms with E-state index < -0.39 is 26.6 Å². The summed E-state index contributed by atoms with van der Waals surface area (Å²) in [5, 5.41) is 3.04. The van der Waals surface area contributed by atoms with Crippen molar-refractivity contribution in [3.05, 3.63) is 28.2 Å². The Hall–Kier alpha value is -0.570. The third-order valence-corrected chi connectivity index (χ3v) is 5.71. The number of rotatable bonds is 3. The smallest absolute Gasteiger partial charge is 0.246 e. The van der Waals surface area contributed by atoms with Crippen molar-refractivity contribution < 1.29 is 17.2 Å². The molecule has 0 bridgehead atoms. The van der Waals surface area contributed by atoms with E-state index in [0.29, 0.717) is 19.0 Å².